The predicted octanol–water partition coefficient (Wildman–Crippen LogP) is 3.75. The molecule has 15 heavy (non-hydrogen) atoms. The minimum Gasteiger partial charge on any atom is -0.370 e. The van der Waals surface area contributed by atoms with Gasteiger partial charge in [0.05, 0.1) is 0 Å². The lowest BCUT2D eigenvalue weighted by Gasteiger charge is -2.25. The van der Waals surface area contributed by atoms with Gasteiger partial charge in [0.15, 0.2) is 0 Å². The Morgan fingerprint density at radius 1 is 1.53 bits per heavy atom. The highest BCUT2D eigenvalue weighted by Gasteiger charge is 2.16. The lowest BCUT2D eigenvalue weighted by molar-refractivity contribution is 0.303. The average molecular weight is 269 g/mol. The van der Waals surface area contributed by atoms with E-state index in [2.05, 4.69) is 39.2 Å². The largest absolute Gasteiger partial charge is 0.370 e. The van der Waals surface area contributed by atoms with Crippen molar-refractivity contribution in [2.45, 2.75) is 32.6 Å². The molecule has 1 heterocycles. The number of nitrogens with zero attached hydrogens (tertiary/aromatic N) is 1. The summed E-state index contributed by atoms with van der Waals surface area (Å²) >= 11 is 3.42. The van der Waals surface area contributed by atoms with Crippen molar-refractivity contribution in [2.24, 2.45) is 5.92 Å². The molecule has 1 aliphatic carbocycles. The van der Waals surface area contributed by atoms with Crippen LogP contribution in [-0.2, 0) is 0 Å². The maximum absolute atomic E-state index is 4.36. The summed E-state index contributed by atoms with van der Waals surface area (Å²) in [6, 6.07) is 2.10. The van der Waals surface area contributed by atoms with Crippen molar-refractivity contribution in [3.05, 3.63) is 22.3 Å². The van der Waals surface area contributed by atoms with Gasteiger partial charge in [0.1, 0.15) is 5.82 Å². The molecule has 0 aromatic carbocycles. The molecule has 1 aromatic rings. The summed E-state index contributed by atoms with van der Waals surface area (Å²) in [6.45, 7) is 3.14. The Morgan fingerprint density at radius 3 is 2.93 bits per heavy atom. The van der Waals surface area contributed by atoms with E-state index in [9.17, 15) is 0 Å². The number of nitrogens with one attached hydrogen (secondary N) is 1. The molecule has 2 rings (SSSR count). The van der Waals surface area contributed by atoms with Crippen LogP contribution in [-0.4, -0.2) is 11.5 Å². The van der Waals surface area contributed by atoms with Crippen LogP contribution in [0.4, 0.5) is 5.82 Å². The van der Waals surface area contributed by atoms with Crippen molar-refractivity contribution in [1.29, 1.82) is 0 Å². The van der Waals surface area contributed by atoms with Gasteiger partial charge in [-0.15, -0.1) is 0 Å². The van der Waals surface area contributed by atoms with Crippen LogP contribution < -0.4 is 5.32 Å². The second-order valence-electron chi connectivity index (χ2n) is 4.33. The lowest BCUT2D eigenvalue weighted by atomic mass is 9.83. The number of rotatable bonds is 4. The summed E-state index contributed by atoms with van der Waals surface area (Å²) in [4.78, 5) is 4.36. The fourth-order valence-electron chi connectivity index (χ4n) is 1.90. The van der Waals surface area contributed by atoms with E-state index >= 15 is 0 Å². The molecule has 2 nitrogen and oxygen atoms in total. The number of anilines is 1. The number of hydrogen-bond donors (Lipinski definition) is 1. The third-order valence-electron chi connectivity index (χ3n) is 3.11. The van der Waals surface area contributed by atoms with Crippen molar-refractivity contribution in [2.75, 3.05) is 11.9 Å². The van der Waals surface area contributed by atoms with Crippen LogP contribution in [0, 0.1) is 12.8 Å². The molecule has 0 atom stereocenters. The topological polar surface area (TPSA) is 24.9 Å². The molecule has 1 fully saturated rings. The van der Waals surface area contributed by atoms with Crippen molar-refractivity contribution in [1.82, 2.24) is 4.98 Å². The Hall–Kier alpha value is -0.570. The van der Waals surface area contributed by atoms with Crippen LogP contribution in [0.2, 0.25) is 0 Å². The van der Waals surface area contributed by atoms with E-state index in [1.54, 1.807) is 0 Å². The van der Waals surface area contributed by atoms with Crippen LogP contribution in [0.1, 0.15) is 31.2 Å². The molecule has 0 saturated heterocycles. The number of aromatic nitrogens is 1. The van der Waals surface area contributed by atoms with Gasteiger partial charge in [-0.1, -0.05) is 19.3 Å². The normalized spacial score (nSPS) is 16.1. The predicted molar refractivity (Wildman–Crippen MR) is 67.1 cm³/mol. The first kappa shape index (κ1) is 10.9. The molecular weight excluding hydrogens is 252 g/mol. The Morgan fingerprint density at radius 2 is 2.33 bits per heavy atom. The highest BCUT2D eigenvalue weighted by Crippen LogP contribution is 2.29. The van der Waals surface area contributed by atoms with E-state index in [1.807, 2.05) is 6.20 Å². The Bertz CT molecular complexity index is 334. The van der Waals surface area contributed by atoms with E-state index in [0.717, 1.165) is 22.8 Å². The Balaban J connectivity index is 1.81. The van der Waals surface area contributed by atoms with Crippen LogP contribution in [0.25, 0.3) is 0 Å². The Labute approximate surface area is 99.6 Å². The quantitative estimate of drug-likeness (QED) is 0.900. The highest BCUT2D eigenvalue weighted by molar-refractivity contribution is 9.10. The van der Waals surface area contributed by atoms with Gasteiger partial charge in [0, 0.05) is 17.2 Å². The zero-order valence-electron chi connectivity index (χ0n) is 9.09. The van der Waals surface area contributed by atoms with Gasteiger partial charge in [0.2, 0.25) is 0 Å². The molecule has 0 radical (unpaired) electrons. The van der Waals surface area contributed by atoms with Gasteiger partial charge >= 0.3 is 0 Å². The van der Waals surface area contributed by atoms with E-state index in [4.69, 9.17) is 0 Å². The minimum atomic E-state index is 0.966. The smallest absolute Gasteiger partial charge is 0.128 e. The molecule has 0 bridgehead atoms. The number of pyridine rings is 1. The van der Waals surface area contributed by atoms with Gasteiger partial charge in [0.25, 0.3) is 0 Å². The molecule has 82 valence electrons. The fourth-order valence-corrected chi connectivity index (χ4v) is 2.35. The molecule has 1 saturated carbocycles. The van der Waals surface area contributed by atoms with Crippen molar-refractivity contribution < 1.29 is 0 Å². The van der Waals surface area contributed by atoms with Gasteiger partial charge in [-0.3, -0.25) is 0 Å². The minimum absolute atomic E-state index is 0.966. The zero-order chi connectivity index (χ0) is 10.7. The van der Waals surface area contributed by atoms with E-state index in [1.165, 1.54) is 31.2 Å². The molecule has 0 spiro atoms. The third kappa shape index (κ3) is 2.94. The second kappa shape index (κ2) is 4.97. The molecule has 0 unspecified atom stereocenters. The monoisotopic (exact) mass is 268 g/mol. The second-order valence-corrected chi connectivity index (χ2v) is 5.25. The van der Waals surface area contributed by atoms with Crippen molar-refractivity contribution in [3.63, 3.8) is 0 Å². The van der Waals surface area contributed by atoms with E-state index < -0.39 is 0 Å². The van der Waals surface area contributed by atoms with Gasteiger partial charge in [-0.05, 0) is 46.8 Å². The molecule has 1 aromatic heterocycles. The molecule has 3 heteroatoms. The van der Waals surface area contributed by atoms with Gasteiger partial charge in [-0.25, -0.2) is 4.98 Å². The lowest BCUT2D eigenvalue weighted by Crippen LogP contribution is -2.16. The number of hydrogen-bond acceptors (Lipinski definition) is 2. The standard InChI is InChI=1S/C12H17BrN2/c1-9-7-11(13)8-15-12(9)14-6-5-10-3-2-4-10/h7-8,10H,2-6H2,1H3,(H,14,15). The SMILES string of the molecule is Cc1cc(Br)cnc1NCCC1CCC1. The summed E-state index contributed by atoms with van der Waals surface area (Å²) < 4.78 is 1.05. The van der Waals surface area contributed by atoms with Crippen LogP contribution in [0.5, 0.6) is 0 Å². The maximum atomic E-state index is 4.36. The zero-order valence-corrected chi connectivity index (χ0v) is 10.7. The molecule has 0 amide bonds. The number of halogens is 1. The van der Waals surface area contributed by atoms with Crippen LogP contribution >= 0.6 is 15.9 Å². The first-order valence-electron chi connectivity index (χ1n) is 5.62. The number of aryl methyl sites for hydroxylation is 1. The summed E-state index contributed by atoms with van der Waals surface area (Å²) in [6.07, 6.45) is 7.42. The van der Waals surface area contributed by atoms with Crippen LogP contribution in [0.15, 0.2) is 16.7 Å². The van der Waals surface area contributed by atoms with Crippen molar-refractivity contribution >= 4 is 21.7 Å². The van der Waals surface area contributed by atoms with Crippen LogP contribution in [0.3, 0.4) is 0 Å². The highest BCUT2D eigenvalue weighted by atomic mass is 79.9. The van der Waals surface area contributed by atoms with Gasteiger partial charge in [-0.2, -0.15) is 0 Å². The van der Waals surface area contributed by atoms with E-state index in [0.29, 0.717) is 0 Å². The molecule has 1 N–H and O–H groups in total. The average Bonchev–Trinajstić information content (AvgIpc) is 2.12. The first-order valence-corrected chi connectivity index (χ1v) is 6.41. The third-order valence-corrected chi connectivity index (χ3v) is 3.55. The van der Waals surface area contributed by atoms with Crippen molar-refractivity contribution in [3.8, 4) is 0 Å². The van der Waals surface area contributed by atoms with E-state index in [-0.39, 0.29) is 0 Å². The summed E-state index contributed by atoms with van der Waals surface area (Å²) in [5, 5.41) is 3.41. The fraction of sp³-hybridized carbons (Fsp3) is 0.583. The summed E-state index contributed by atoms with van der Waals surface area (Å²) in [7, 11) is 0. The molecule has 0 aliphatic heterocycles. The maximum Gasteiger partial charge on any atom is 0.128 e. The molecule has 1 aliphatic rings. The summed E-state index contributed by atoms with van der Waals surface area (Å²) in [5.41, 5.74) is 1.21. The molecular formula is C12H17BrN2. The first-order chi connectivity index (χ1) is 7.25. The Kier molecular flexibility index (Phi) is 3.62. The van der Waals surface area contributed by atoms with Gasteiger partial charge < -0.3 is 5.32 Å². The summed E-state index contributed by atoms with van der Waals surface area (Å²) in [5.74, 6) is 1.99.